The summed E-state index contributed by atoms with van der Waals surface area (Å²) in [6.07, 6.45) is -3.37. The number of esters is 3. The smallest absolute Gasteiger partial charge is 0.303 e. The Labute approximate surface area is 145 Å². The third-order valence-corrected chi connectivity index (χ3v) is 3.39. The molecular formula is C14H20ClNO8. The Hall–Kier alpha value is -1.87. The minimum atomic E-state index is -1.19. The molecule has 1 fully saturated rings. The highest BCUT2D eigenvalue weighted by molar-refractivity contribution is 6.20. The Kier molecular flexibility index (Phi) is 6.80. The van der Waals surface area contributed by atoms with E-state index in [9.17, 15) is 19.2 Å². The maximum absolute atomic E-state index is 11.6. The van der Waals surface area contributed by atoms with Crippen LogP contribution in [0, 0.1) is 0 Å². The first-order valence-electron chi connectivity index (χ1n) is 7.72. The van der Waals surface area contributed by atoms with Gasteiger partial charge in [-0.05, 0) is 0 Å². The number of nitrogens with one attached hydrogen (secondary N) is 1. The second-order valence-electron chi connectivity index (χ2n) is 5.07. The van der Waals surface area contributed by atoms with E-state index in [-0.39, 0.29) is 6.61 Å². The lowest BCUT2D eigenvalue weighted by Crippen LogP contribution is -2.64. The zero-order chi connectivity index (χ0) is 19.1. The van der Waals surface area contributed by atoms with Gasteiger partial charge in [-0.3, -0.25) is 19.2 Å². The minimum Gasteiger partial charge on any atom is -0.463 e. The molecule has 1 rings (SSSR count). The molecule has 0 spiro atoms. The zero-order valence-electron chi connectivity index (χ0n) is 14.4. The first kappa shape index (κ1) is 18.5. The molecule has 136 valence electrons. The van der Waals surface area contributed by atoms with E-state index in [4.69, 9.17) is 31.9 Å². The Morgan fingerprint density at radius 2 is 1.67 bits per heavy atom. The Morgan fingerprint density at radius 1 is 1.08 bits per heavy atom. The molecule has 1 saturated heterocycles. The van der Waals surface area contributed by atoms with E-state index in [0.717, 1.165) is 13.8 Å². The Bertz CT molecular complexity index is 531. The molecular weight excluding hydrogens is 346 g/mol. The molecule has 0 saturated carbocycles. The van der Waals surface area contributed by atoms with Crippen LogP contribution >= 0.6 is 11.6 Å². The minimum absolute atomic E-state index is 0.298. The summed E-state index contributed by atoms with van der Waals surface area (Å²) in [7, 11) is 0. The van der Waals surface area contributed by atoms with E-state index in [1.807, 2.05) is 0 Å². The molecule has 1 N–H and O–H groups in total. The monoisotopic (exact) mass is 366 g/mol. The van der Waals surface area contributed by atoms with Gasteiger partial charge in [0.2, 0.25) is 5.91 Å². The number of carbonyl (C=O) groups is 4. The fourth-order valence-corrected chi connectivity index (χ4v) is 2.57. The first-order valence-corrected chi connectivity index (χ1v) is 7.45. The number of amides is 1. The van der Waals surface area contributed by atoms with E-state index in [2.05, 4.69) is 5.32 Å². The molecule has 1 amide bonds. The Balaban J connectivity index is 3.12. The average molecular weight is 367 g/mol. The molecule has 5 atom stereocenters. The fourth-order valence-electron chi connectivity index (χ4n) is 2.23. The van der Waals surface area contributed by atoms with E-state index >= 15 is 0 Å². The van der Waals surface area contributed by atoms with Crippen molar-refractivity contribution >= 4 is 35.4 Å². The van der Waals surface area contributed by atoms with Crippen molar-refractivity contribution in [2.45, 2.75) is 57.6 Å². The van der Waals surface area contributed by atoms with E-state index < -0.39 is 60.6 Å². The van der Waals surface area contributed by atoms with Crippen LogP contribution in [0.2, 0.25) is 0 Å². The van der Waals surface area contributed by atoms with E-state index in [1.54, 1.807) is 0 Å². The van der Waals surface area contributed by atoms with Crippen molar-refractivity contribution in [3.8, 4) is 0 Å². The third-order valence-electron chi connectivity index (χ3n) is 3.01. The van der Waals surface area contributed by atoms with Gasteiger partial charge in [0.05, 0.1) is 0 Å². The zero-order valence-corrected chi connectivity index (χ0v) is 14.2. The molecule has 1 aliphatic rings. The summed E-state index contributed by atoms with van der Waals surface area (Å²) in [4.78, 5) is 45.4. The molecule has 9 nitrogen and oxygen atoms in total. The normalized spacial score (nSPS) is 29.8. The lowest BCUT2D eigenvalue weighted by Gasteiger charge is -2.43. The molecule has 0 aromatic rings. The number of ether oxygens (including phenoxy) is 4. The highest BCUT2D eigenvalue weighted by atomic mass is 35.5. The number of hydrogen-bond acceptors (Lipinski definition) is 8. The second kappa shape index (κ2) is 8.84. The summed E-state index contributed by atoms with van der Waals surface area (Å²) in [6.45, 7) is 2.57. The van der Waals surface area contributed by atoms with E-state index in [1.165, 1.54) is 6.92 Å². The van der Waals surface area contributed by atoms with Crippen LogP contribution in [-0.4, -0.2) is 60.3 Å². The van der Waals surface area contributed by atoms with Gasteiger partial charge in [0, 0.05) is 29.0 Å². The summed E-state index contributed by atoms with van der Waals surface area (Å²) in [6, 6.07) is -1.07. The molecule has 0 aromatic carbocycles. The van der Waals surface area contributed by atoms with Gasteiger partial charge < -0.3 is 24.3 Å². The van der Waals surface area contributed by atoms with Gasteiger partial charge in [-0.25, -0.2) is 0 Å². The van der Waals surface area contributed by atoms with Crippen LogP contribution in [0.4, 0.5) is 0 Å². The summed E-state index contributed by atoms with van der Waals surface area (Å²) in [5.41, 5.74) is -1.17. The molecule has 0 aliphatic carbocycles. The number of carbonyl (C=O) groups excluding carboxylic acids is 4. The maximum Gasteiger partial charge on any atom is 0.303 e. The lowest BCUT2D eigenvalue weighted by atomic mass is 9.97. The molecule has 0 radical (unpaired) electrons. The van der Waals surface area contributed by atoms with Crippen molar-refractivity contribution in [2.75, 3.05) is 6.61 Å². The summed E-state index contributed by atoms with van der Waals surface area (Å²) in [5, 5.41) is 2.40. The molecule has 10 heteroatoms. The topological polar surface area (TPSA) is 117 Å². The lowest BCUT2D eigenvalue weighted by molar-refractivity contribution is -0.212. The standard InChI is InChI=1S/C14H20ClNO8/c1-6(17)16-11-13(23-9(4)20)12(22-8(3)19)10(24-14(11)15)5-21-7(2)18/h10-14H,5H2,1-4H3,(H,16,17)/t10-,11-,12-,13-,14?/m1/s1/i1D. The Morgan fingerprint density at radius 3 is 2.17 bits per heavy atom. The van der Waals surface area contributed by atoms with E-state index in [0.29, 0.717) is 0 Å². The highest BCUT2D eigenvalue weighted by Gasteiger charge is 2.50. The van der Waals surface area contributed by atoms with Crippen molar-refractivity contribution in [3.05, 3.63) is 0 Å². The number of hydrogen-bond donors (Lipinski definition) is 1. The maximum atomic E-state index is 11.6. The largest absolute Gasteiger partial charge is 0.463 e. The number of rotatable bonds is 5. The van der Waals surface area contributed by atoms with Crippen LogP contribution in [-0.2, 0) is 38.1 Å². The van der Waals surface area contributed by atoms with Gasteiger partial charge >= 0.3 is 17.9 Å². The van der Waals surface area contributed by atoms with Gasteiger partial charge in [-0.2, -0.15) is 0 Å². The van der Waals surface area contributed by atoms with Gasteiger partial charge in [0.25, 0.3) is 0 Å². The van der Waals surface area contributed by atoms with Gasteiger partial charge in [-0.15, -0.1) is 0 Å². The van der Waals surface area contributed by atoms with Gasteiger partial charge in [0.1, 0.15) is 18.8 Å². The second-order valence-corrected chi connectivity index (χ2v) is 5.50. The van der Waals surface area contributed by atoms with Crippen LogP contribution in [0.25, 0.3) is 0 Å². The predicted molar refractivity (Wildman–Crippen MR) is 79.9 cm³/mol. The van der Waals surface area contributed by atoms with Crippen LogP contribution in [0.5, 0.6) is 0 Å². The average Bonchev–Trinajstić information content (AvgIpc) is 2.50. The van der Waals surface area contributed by atoms with Crippen molar-refractivity contribution in [1.29, 1.82) is 0 Å². The van der Waals surface area contributed by atoms with Gasteiger partial charge in [0.15, 0.2) is 17.8 Å². The van der Waals surface area contributed by atoms with Crippen molar-refractivity contribution in [2.24, 2.45) is 0 Å². The first-order chi connectivity index (χ1) is 11.6. The van der Waals surface area contributed by atoms with Crippen molar-refractivity contribution in [3.63, 3.8) is 0 Å². The van der Waals surface area contributed by atoms with Crippen molar-refractivity contribution < 1.29 is 39.5 Å². The fraction of sp³-hybridized carbons (Fsp3) is 0.714. The molecule has 1 unspecified atom stereocenters. The van der Waals surface area contributed by atoms with Gasteiger partial charge in [-0.1, -0.05) is 11.6 Å². The summed E-state index contributed by atoms with van der Waals surface area (Å²) >= 11 is 6.10. The SMILES string of the molecule is [2H]CC(=O)N[C@H]1C(Cl)O[C@H](COC(C)=O)[C@@H](OC(C)=O)[C@@H]1OC(C)=O. The highest BCUT2D eigenvalue weighted by Crippen LogP contribution is 2.28. The van der Waals surface area contributed by atoms with Crippen LogP contribution in [0.3, 0.4) is 0 Å². The van der Waals surface area contributed by atoms with Crippen LogP contribution in [0.15, 0.2) is 0 Å². The molecule has 0 aromatic heterocycles. The molecule has 1 aliphatic heterocycles. The van der Waals surface area contributed by atoms with Crippen molar-refractivity contribution in [1.82, 2.24) is 5.32 Å². The molecule has 1 heterocycles. The number of alkyl halides is 1. The van der Waals surface area contributed by atoms with Crippen LogP contribution in [0.1, 0.15) is 29.0 Å². The number of halogens is 1. The quantitative estimate of drug-likeness (QED) is 0.406. The predicted octanol–water partition coefficient (Wildman–Crippen LogP) is -0.119. The summed E-state index contributed by atoms with van der Waals surface area (Å²) in [5.74, 6) is -2.68. The van der Waals surface area contributed by atoms with Crippen LogP contribution < -0.4 is 5.32 Å². The summed E-state index contributed by atoms with van der Waals surface area (Å²) < 4.78 is 27.7. The third kappa shape index (κ3) is 5.97. The molecule has 0 bridgehead atoms. The molecule has 24 heavy (non-hydrogen) atoms.